The van der Waals surface area contributed by atoms with E-state index in [0.717, 1.165) is 19.1 Å². The smallest absolute Gasteiger partial charge is 0.338 e. The number of carbonyl (C=O) groups excluding carboxylic acids is 4. The molecule has 0 saturated carbocycles. The predicted molar refractivity (Wildman–Crippen MR) is 301 cm³/mol. The van der Waals surface area contributed by atoms with Crippen LogP contribution in [0, 0.1) is 0 Å². The van der Waals surface area contributed by atoms with Crippen LogP contribution >= 0.6 is 0 Å². The van der Waals surface area contributed by atoms with E-state index >= 15 is 0 Å². The zero-order valence-corrected chi connectivity index (χ0v) is 49.6. The number of phenols is 2. The van der Waals surface area contributed by atoms with Crippen molar-refractivity contribution in [1.29, 1.82) is 0 Å². The number of hydrogen-bond acceptors (Lipinski definition) is 34. The van der Waals surface area contributed by atoms with Crippen LogP contribution in [0.25, 0.3) is 12.2 Å². The molecule has 8 rings (SSSR count). The summed E-state index contributed by atoms with van der Waals surface area (Å²) >= 11 is 0. The highest BCUT2D eigenvalue weighted by Crippen LogP contribution is 2.42. The lowest BCUT2D eigenvalue weighted by atomic mass is 9.95. The number of carbonyl (C=O) groups is 4. The molecular formula is C59H74O34. The summed E-state index contributed by atoms with van der Waals surface area (Å²) in [5.41, 5.74) is 0.423. The first kappa shape index (κ1) is 72.2. The van der Waals surface area contributed by atoms with E-state index in [4.69, 9.17) is 71.1 Å². The summed E-state index contributed by atoms with van der Waals surface area (Å²) in [4.78, 5) is 53.7. The van der Waals surface area contributed by atoms with Crippen LogP contribution in [0.5, 0.6) is 23.0 Å². The Morgan fingerprint density at radius 2 is 0.957 bits per heavy atom. The van der Waals surface area contributed by atoms with E-state index in [1.54, 1.807) is 6.07 Å². The van der Waals surface area contributed by atoms with Gasteiger partial charge in [0.2, 0.25) is 5.79 Å². The molecule has 0 aromatic heterocycles. The van der Waals surface area contributed by atoms with Gasteiger partial charge in [-0.05, 0) is 59.7 Å². The molecule has 514 valence electrons. The fourth-order valence-corrected chi connectivity index (χ4v) is 10.5. The standard InChI is InChI=1S/C59H74O34/c1-25(63)81-22-36-42(70)50(88-55-47(75)45(73)40(68)33(19-60)84-55)49(77)57(86-36)89-51-43(71)37(23-82-38(66)15-11-26-9-13-29(64)31(17-26)79-2)87-58(52(51)90-56-48(76)46(74)41(69)34(20-61)85-56)93-59(24-83-39(67)16-12-27-10-14-30(65)32(18-27)80-3)53(44(72)35(21-62)92-59)91-54(78)28-7-5-4-6-8-28/h4-18,33-37,40-53,55-58,60-62,64-65,68-77H,19-24H2,1-3H3/t33-,34-,35+,36+,37-,40-,41-,42-,43+,44-,45+,46+,47+,48+,49+,50+,51-,52-,53+,55+,56-,57+,58+,59+/m0/s1. The fraction of sp³-hybridized carbons (Fsp3) is 0.559. The van der Waals surface area contributed by atoms with E-state index in [1.165, 1.54) is 87.0 Å². The van der Waals surface area contributed by atoms with Crippen LogP contribution < -0.4 is 9.47 Å². The van der Waals surface area contributed by atoms with Gasteiger partial charge in [0.25, 0.3) is 0 Å². The molecule has 15 N–H and O–H groups in total. The Kier molecular flexibility index (Phi) is 25.0. The highest BCUT2D eigenvalue weighted by molar-refractivity contribution is 5.90. The summed E-state index contributed by atoms with van der Waals surface area (Å²) in [5.74, 6) is -7.99. The maximum absolute atomic E-state index is 14.1. The molecule has 0 spiro atoms. The van der Waals surface area contributed by atoms with Gasteiger partial charge in [0.05, 0.1) is 39.6 Å². The molecule has 3 aromatic carbocycles. The van der Waals surface area contributed by atoms with Crippen LogP contribution in [0.1, 0.15) is 28.4 Å². The van der Waals surface area contributed by atoms with Gasteiger partial charge >= 0.3 is 23.9 Å². The third-order valence-corrected chi connectivity index (χ3v) is 15.5. The van der Waals surface area contributed by atoms with Gasteiger partial charge in [-0.2, -0.15) is 0 Å². The normalized spacial score (nSPS) is 36.3. The lowest BCUT2D eigenvalue weighted by Crippen LogP contribution is -2.69. The molecule has 93 heavy (non-hydrogen) atoms. The second kappa shape index (κ2) is 32.2. The van der Waals surface area contributed by atoms with Crippen molar-refractivity contribution >= 4 is 36.0 Å². The maximum atomic E-state index is 14.1. The van der Waals surface area contributed by atoms with Crippen molar-refractivity contribution in [3.63, 3.8) is 0 Å². The Balaban J connectivity index is 1.25. The lowest BCUT2D eigenvalue weighted by Gasteiger charge is -2.51. The van der Waals surface area contributed by atoms with Crippen LogP contribution in [-0.4, -0.2) is 301 Å². The van der Waals surface area contributed by atoms with E-state index < -0.39 is 210 Å². The Morgan fingerprint density at radius 1 is 0.495 bits per heavy atom. The highest BCUT2D eigenvalue weighted by Gasteiger charge is 2.64. The molecule has 0 bridgehead atoms. The number of rotatable bonds is 25. The summed E-state index contributed by atoms with van der Waals surface area (Å²) < 4.78 is 87.3. The van der Waals surface area contributed by atoms with E-state index in [1.807, 2.05) is 0 Å². The lowest BCUT2D eigenvalue weighted by molar-refractivity contribution is -0.423. The zero-order valence-electron chi connectivity index (χ0n) is 49.6. The minimum Gasteiger partial charge on any atom is -0.504 e. The van der Waals surface area contributed by atoms with Gasteiger partial charge in [0.15, 0.2) is 54.3 Å². The maximum Gasteiger partial charge on any atom is 0.338 e. The molecule has 3 aromatic rings. The molecule has 24 atom stereocenters. The van der Waals surface area contributed by atoms with Crippen molar-refractivity contribution in [1.82, 2.24) is 0 Å². The third kappa shape index (κ3) is 16.9. The molecule has 5 fully saturated rings. The monoisotopic (exact) mass is 1330 g/mol. The van der Waals surface area contributed by atoms with E-state index in [0.29, 0.717) is 5.56 Å². The van der Waals surface area contributed by atoms with E-state index in [-0.39, 0.29) is 34.1 Å². The molecule has 34 nitrogen and oxygen atoms in total. The van der Waals surface area contributed by atoms with Crippen molar-refractivity contribution in [3.05, 3.63) is 95.6 Å². The van der Waals surface area contributed by atoms with Crippen LogP contribution in [0.3, 0.4) is 0 Å². The van der Waals surface area contributed by atoms with Gasteiger partial charge in [-0.15, -0.1) is 0 Å². The Morgan fingerprint density at radius 3 is 1.47 bits per heavy atom. The summed E-state index contributed by atoms with van der Waals surface area (Å²) in [6.45, 7) is -5.41. The minimum atomic E-state index is -3.00. The van der Waals surface area contributed by atoms with Crippen LogP contribution in [0.4, 0.5) is 0 Å². The van der Waals surface area contributed by atoms with Gasteiger partial charge in [0.1, 0.15) is 130 Å². The number of methoxy groups -OCH3 is 2. The zero-order chi connectivity index (χ0) is 67.6. The largest absolute Gasteiger partial charge is 0.504 e. The number of hydrogen-bond donors (Lipinski definition) is 15. The molecule has 0 amide bonds. The number of esters is 4. The first-order chi connectivity index (χ1) is 44.3. The van der Waals surface area contributed by atoms with Crippen molar-refractivity contribution in [2.45, 2.75) is 154 Å². The summed E-state index contributed by atoms with van der Waals surface area (Å²) in [7, 11) is 2.54. The summed E-state index contributed by atoms with van der Waals surface area (Å²) in [5, 5.41) is 165. The number of aromatic hydroxyl groups is 2. The summed E-state index contributed by atoms with van der Waals surface area (Å²) in [6.07, 6.45) is -45.3. The second-order valence-corrected chi connectivity index (χ2v) is 21.8. The van der Waals surface area contributed by atoms with Gasteiger partial charge in [-0.25, -0.2) is 14.4 Å². The molecule has 5 saturated heterocycles. The van der Waals surface area contributed by atoms with Crippen molar-refractivity contribution in [2.75, 3.05) is 53.9 Å². The van der Waals surface area contributed by atoms with Crippen molar-refractivity contribution < 1.29 is 167 Å². The number of benzene rings is 3. The fourth-order valence-electron chi connectivity index (χ4n) is 10.5. The first-order valence-electron chi connectivity index (χ1n) is 28.8. The molecule has 34 heteroatoms. The van der Waals surface area contributed by atoms with Crippen molar-refractivity contribution in [2.24, 2.45) is 0 Å². The van der Waals surface area contributed by atoms with Crippen LogP contribution in [-0.2, 0) is 76.0 Å². The Hall–Kier alpha value is -6.66. The molecular weight excluding hydrogens is 1250 g/mol. The molecule has 0 radical (unpaired) electrons. The first-order valence-corrected chi connectivity index (χ1v) is 28.8. The molecule has 5 aliphatic rings. The third-order valence-electron chi connectivity index (χ3n) is 15.5. The van der Waals surface area contributed by atoms with E-state index in [2.05, 4.69) is 0 Å². The van der Waals surface area contributed by atoms with Crippen LogP contribution in [0.15, 0.2) is 78.9 Å². The predicted octanol–water partition coefficient (Wildman–Crippen LogP) is -5.53. The van der Waals surface area contributed by atoms with Crippen molar-refractivity contribution in [3.8, 4) is 23.0 Å². The SMILES string of the molecule is COc1cc(C=CC(=O)OC[C@@H]2O[C@H](O[C@@]3(COC(=O)C=Cc4ccc(O)c(OC)c4)O[C@H](CO)[C@H](O)[C@H]3OC(=O)c3ccccc3)[C@@H](O[C@@H]3O[C@@H](CO)[C@H](O)[C@@H](O)[C@H]3O)[C@@H](O[C@H]3O[C@H](COC(C)=O)[C@H](O)[C@@H](O[C@H]4O[C@@H](CO)[C@H](O)[C@@H](O)[C@H]4O)[C@H]3O)[C@@H]2O)ccc1O. The van der Waals surface area contributed by atoms with Gasteiger partial charge in [-0.1, -0.05) is 30.3 Å². The average molecular weight is 1330 g/mol. The topological polar surface area (TPSA) is 510 Å². The molecule has 5 heterocycles. The van der Waals surface area contributed by atoms with Gasteiger partial charge < -0.3 is 148 Å². The minimum absolute atomic E-state index is 0.00886. The number of ether oxygens (including phenoxy) is 15. The Labute approximate surface area is 527 Å². The van der Waals surface area contributed by atoms with Gasteiger partial charge in [-0.3, -0.25) is 4.79 Å². The number of aliphatic hydroxyl groups excluding tert-OH is 13. The van der Waals surface area contributed by atoms with E-state index in [9.17, 15) is 95.8 Å². The Bertz CT molecular complexity index is 3020. The quantitative estimate of drug-likeness (QED) is 0.0214. The average Bonchev–Trinajstić information content (AvgIpc) is 1.71. The number of phenolic OH excluding ortho intramolecular Hbond substituents is 2. The highest BCUT2D eigenvalue weighted by atomic mass is 16.8. The molecule has 0 unspecified atom stereocenters. The molecule has 0 aliphatic carbocycles. The molecule has 5 aliphatic heterocycles. The number of aliphatic hydroxyl groups is 13. The van der Waals surface area contributed by atoms with Crippen LogP contribution in [0.2, 0.25) is 0 Å². The van der Waals surface area contributed by atoms with Gasteiger partial charge in [0, 0.05) is 19.1 Å². The summed E-state index contributed by atoms with van der Waals surface area (Å²) in [6, 6.07) is 15.1. The second-order valence-electron chi connectivity index (χ2n) is 21.8.